The van der Waals surface area contributed by atoms with Crippen LogP contribution in [0.2, 0.25) is 10.0 Å². The molecule has 2 rings (SSSR count). The zero-order chi connectivity index (χ0) is 16.8. The van der Waals surface area contributed by atoms with E-state index < -0.39 is 5.91 Å². The van der Waals surface area contributed by atoms with Crippen molar-refractivity contribution in [2.24, 2.45) is 0 Å². The Labute approximate surface area is 143 Å². The summed E-state index contributed by atoms with van der Waals surface area (Å²) in [5.41, 5.74) is 0.568. The molecule has 0 aliphatic carbocycles. The number of halogens is 2. The van der Waals surface area contributed by atoms with Gasteiger partial charge in [-0.05, 0) is 30.3 Å². The van der Waals surface area contributed by atoms with Crippen LogP contribution in [0.5, 0.6) is 0 Å². The number of hydrogen-bond acceptors (Lipinski definition) is 3. The fourth-order valence-corrected chi connectivity index (χ4v) is 2.20. The number of benzene rings is 1. The lowest BCUT2D eigenvalue weighted by Crippen LogP contribution is -2.24. The molecule has 4 nitrogen and oxygen atoms in total. The standard InChI is InChI=1S/C17H12Cl2N2O2/c1-2-7-21-17(22)11(10-20)8-13-4-6-16(23-13)14-9-12(18)3-5-15(14)19/h2-6,8-9H,1,7H2,(H,21,22). The van der Waals surface area contributed by atoms with Crippen molar-refractivity contribution in [3.8, 4) is 17.4 Å². The van der Waals surface area contributed by atoms with E-state index >= 15 is 0 Å². The van der Waals surface area contributed by atoms with Crippen LogP contribution in [0.3, 0.4) is 0 Å². The molecule has 0 bridgehead atoms. The second kappa shape index (κ2) is 7.68. The Kier molecular flexibility index (Phi) is 5.64. The van der Waals surface area contributed by atoms with Gasteiger partial charge < -0.3 is 9.73 Å². The molecular formula is C17H12Cl2N2O2. The van der Waals surface area contributed by atoms with Crippen LogP contribution < -0.4 is 5.32 Å². The third kappa shape index (κ3) is 4.26. The first-order chi connectivity index (χ1) is 11.0. The van der Waals surface area contributed by atoms with Gasteiger partial charge in [0.25, 0.3) is 5.91 Å². The average Bonchev–Trinajstić information content (AvgIpc) is 3.01. The number of nitriles is 1. The lowest BCUT2D eigenvalue weighted by atomic mass is 10.2. The van der Waals surface area contributed by atoms with Gasteiger partial charge in [0.05, 0.1) is 5.02 Å². The number of nitrogens with one attached hydrogen (secondary N) is 1. The molecule has 116 valence electrons. The van der Waals surface area contributed by atoms with Crippen LogP contribution in [-0.2, 0) is 4.79 Å². The smallest absolute Gasteiger partial charge is 0.262 e. The number of rotatable bonds is 5. The number of amides is 1. The molecule has 23 heavy (non-hydrogen) atoms. The van der Waals surface area contributed by atoms with Gasteiger partial charge in [-0.2, -0.15) is 5.26 Å². The topological polar surface area (TPSA) is 66.0 Å². The van der Waals surface area contributed by atoms with E-state index in [1.165, 1.54) is 12.2 Å². The molecule has 2 aromatic rings. The molecular weight excluding hydrogens is 335 g/mol. The van der Waals surface area contributed by atoms with Gasteiger partial charge in [-0.1, -0.05) is 29.3 Å². The number of hydrogen-bond donors (Lipinski definition) is 1. The Balaban J connectivity index is 2.29. The maximum absolute atomic E-state index is 11.8. The van der Waals surface area contributed by atoms with E-state index in [4.69, 9.17) is 32.9 Å². The summed E-state index contributed by atoms with van der Waals surface area (Å²) in [5.74, 6) is 0.361. The number of carbonyl (C=O) groups excluding carboxylic acids is 1. The highest BCUT2D eigenvalue weighted by molar-refractivity contribution is 6.35. The predicted molar refractivity (Wildman–Crippen MR) is 91.0 cm³/mol. The summed E-state index contributed by atoms with van der Waals surface area (Å²) < 4.78 is 5.62. The summed E-state index contributed by atoms with van der Waals surface area (Å²) in [6, 6.07) is 10.2. The Morgan fingerprint density at radius 2 is 2.13 bits per heavy atom. The van der Waals surface area contributed by atoms with Crippen molar-refractivity contribution in [3.05, 3.63) is 64.4 Å². The minimum Gasteiger partial charge on any atom is -0.457 e. The van der Waals surface area contributed by atoms with Gasteiger partial charge in [0.15, 0.2) is 0 Å². The van der Waals surface area contributed by atoms with E-state index in [0.29, 0.717) is 27.1 Å². The van der Waals surface area contributed by atoms with E-state index in [1.807, 2.05) is 6.07 Å². The van der Waals surface area contributed by atoms with Crippen LogP contribution in [0.4, 0.5) is 0 Å². The maximum atomic E-state index is 11.8. The van der Waals surface area contributed by atoms with E-state index in [9.17, 15) is 4.79 Å². The van der Waals surface area contributed by atoms with Gasteiger partial charge in [-0.3, -0.25) is 4.79 Å². The minimum absolute atomic E-state index is 0.0649. The van der Waals surface area contributed by atoms with Gasteiger partial charge in [0.2, 0.25) is 0 Å². The van der Waals surface area contributed by atoms with Crippen molar-refractivity contribution < 1.29 is 9.21 Å². The Hall–Kier alpha value is -2.48. The van der Waals surface area contributed by atoms with Crippen molar-refractivity contribution in [3.63, 3.8) is 0 Å². The van der Waals surface area contributed by atoms with E-state index in [2.05, 4.69) is 11.9 Å². The fourth-order valence-electron chi connectivity index (χ4n) is 1.81. The van der Waals surface area contributed by atoms with Crippen LogP contribution in [0.25, 0.3) is 17.4 Å². The summed E-state index contributed by atoms with van der Waals surface area (Å²) in [5, 5.41) is 12.6. The lowest BCUT2D eigenvalue weighted by molar-refractivity contribution is -0.116. The highest BCUT2D eigenvalue weighted by atomic mass is 35.5. The first-order valence-corrected chi connectivity index (χ1v) is 7.37. The Bertz CT molecular complexity index is 816. The van der Waals surface area contributed by atoms with Crippen LogP contribution in [0.15, 0.2) is 53.0 Å². The molecule has 0 radical (unpaired) electrons. The Morgan fingerprint density at radius 1 is 1.35 bits per heavy atom. The zero-order valence-electron chi connectivity index (χ0n) is 12.0. The predicted octanol–water partition coefficient (Wildman–Crippen LogP) is 4.46. The maximum Gasteiger partial charge on any atom is 0.262 e. The third-order valence-corrected chi connectivity index (χ3v) is 3.44. The molecule has 0 saturated carbocycles. The summed E-state index contributed by atoms with van der Waals surface area (Å²) in [7, 11) is 0. The van der Waals surface area contributed by atoms with Crippen molar-refractivity contribution in [2.45, 2.75) is 0 Å². The van der Waals surface area contributed by atoms with Gasteiger partial charge >= 0.3 is 0 Å². The minimum atomic E-state index is -0.494. The highest BCUT2D eigenvalue weighted by Crippen LogP contribution is 2.32. The van der Waals surface area contributed by atoms with Crippen molar-refractivity contribution >= 4 is 35.2 Å². The molecule has 0 unspecified atom stereocenters. The molecule has 0 aliphatic rings. The lowest BCUT2D eigenvalue weighted by Gasteiger charge is -2.01. The van der Waals surface area contributed by atoms with Crippen molar-refractivity contribution in [1.29, 1.82) is 5.26 Å². The van der Waals surface area contributed by atoms with Crippen LogP contribution >= 0.6 is 23.2 Å². The molecule has 0 aliphatic heterocycles. The third-order valence-electron chi connectivity index (χ3n) is 2.88. The van der Waals surface area contributed by atoms with Gasteiger partial charge in [0, 0.05) is 23.2 Å². The SMILES string of the molecule is C=CCNC(=O)C(C#N)=Cc1ccc(-c2cc(Cl)ccc2Cl)o1. The molecule has 1 heterocycles. The normalized spacial score (nSPS) is 10.9. The quantitative estimate of drug-likeness (QED) is 0.493. The van der Waals surface area contributed by atoms with E-state index in [-0.39, 0.29) is 12.1 Å². The van der Waals surface area contributed by atoms with Gasteiger partial charge in [-0.25, -0.2) is 0 Å². The van der Waals surface area contributed by atoms with Gasteiger partial charge in [0.1, 0.15) is 23.2 Å². The first kappa shape index (κ1) is 16.9. The number of nitrogens with zero attached hydrogens (tertiary/aromatic N) is 1. The monoisotopic (exact) mass is 346 g/mol. The second-order valence-corrected chi connectivity index (χ2v) is 5.34. The van der Waals surface area contributed by atoms with Crippen LogP contribution in [0, 0.1) is 11.3 Å². The summed E-state index contributed by atoms with van der Waals surface area (Å²) in [4.78, 5) is 11.8. The summed E-state index contributed by atoms with van der Waals surface area (Å²) in [6.07, 6.45) is 2.89. The van der Waals surface area contributed by atoms with Crippen molar-refractivity contribution in [1.82, 2.24) is 5.32 Å². The molecule has 0 atom stereocenters. The average molecular weight is 347 g/mol. The van der Waals surface area contributed by atoms with Crippen molar-refractivity contribution in [2.75, 3.05) is 6.54 Å². The molecule has 0 saturated heterocycles. The zero-order valence-corrected chi connectivity index (χ0v) is 13.5. The first-order valence-electron chi connectivity index (χ1n) is 6.61. The molecule has 6 heteroatoms. The van der Waals surface area contributed by atoms with Gasteiger partial charge in [-0.15, -0.1) is 6.58 Å². The largest absolute Gasteiger partial charge is 0.457 e. The molecule has 0 spiro atoms. The summed E-state index contributed by atoms with van der Waals surface area (Å²) in [6.45, 7) is 3.77. The van der Waals surface area contributed by atoms with E-state index in [0.717, 1.165) is 0 Å². The number of furan rings is 1. The Morgan fingerprint density at radius 3 is 2.83 bits per heavy atom. The molecule has 1 aromatic carbocycles. The molecule has 0 fully saturated rings. The highest BCUT2D eigenvalue weighted by Gasteiger charge is 2.12. The second-order valence-electron chi connectivity index (χ2n) is 4.49. The molecule has 1 aromatic heterocycles. The van der Waals surface area contributed by atoms with E-state index in [1.54, 1.807) is 30.3 Å². The molecule has 1 amide bonds. The fraction of sp³-hybridized carbons (Fsp3) is 0.0588. The summed E-state index contributed by atoms with van der Waals surface area (Å²) >= 11 is 12.1. The molecule has 1 N–H and O–H groups in total. The number of carbonyl (C=O) groups is 1. The van der Waals surface area contributed by atoms with Crippen LogP contribution in [0.1, 0.15) is 5.76 Å². The van der Waals surface area contributed by atoms with Crippen LogP contribution in [-0.4, -0.2) is 12.5 Å².